The summed E-state index contributed by atoms with van der Waals surface area (Å²) in [5, 5.41) is -0.0508. The Bertz CT molecular complexity index is 332. The molecular weight excluding hydrogens is 218 g/mol. The summed E-state index contributed by atoms with van der Waals surface area (Å²) in [5.41, 5.74) is 1.01. The van der Waals surface area contributed by atoms with Crippen LogP contribution in [0.1, 0.15) is 0 Å². The maximum absolute atomic E-state index is 11.5. The normalized spacial score (nSPS) is 19.4. The molecule has 0 spiro atoms. The summed E-state index contributed by atoms with van der Waals surface area (Å²) in [7, 11) is 3.65. The summed E-state index contributed by atoms with van der Waals surface area (Å²) >= 11 is 2.56. The van der Waals surface area contributed by atoms with E-state index in [9.17, 15) is 9.59 Å². The number of rotatable bonds is 3. The zero-order valence-corrected chi connectivity index (χ0v) is 9.87. The Kier molecular flexibility index (Phi) is 3.83. The highest BCUT2D eigenvalue weighted by Gasteiger charge is 2.28. The van der Waals surface area contributed by atoms with Crippen LogP contribution in [0.4, 0.5) is 0 Å². The molecule has 0 amide bonds. The van der Waals surface area contributed by atoms with Crippen LogP contribution in [0.5, 0.6) is 0 Å². The van der Waals surface area contributed by atoms with E-state index in [1.807, 2.05) is 20.4 Å². The van der Waals surface area contributed by atoms with Crippen LogP contribution in [0.15, 0.2) is 21.6 Å². The summed E-state index contributed by atoms with van der Waals surface area (Å²) < 4.78 is 0.790. The second-order valence-corrected chi connectivity index (χ2v) is 4.98. The molecule has 0 saturated heterocycles. The lowest BCUT2D eigenvalue weighted by molar-refractivity contribution is -0.109. The van der Waals surface area contributed by atoms with E-state index in [-0.39, 0.29) is 5.12 Å². The molecule has 0 fully saturated rings. The molecule has 0 aromatic heterocycles. The number of carbonyl (C=O) groups is 2. The number of aldehydes is 1. The van der Waals surface area contributed by atoms with Crippen molar-refractivity contribution in [2.24, 2.45) is 0 Å². The van der Waals surface area contributed by atoms with Crippen molar-refractivity contribution >= 4 is 34.9 Å². The zero-order valence-electron chi connectivity index (χ0n) is 8.23. The SMILES string of the molecule is CSC1=C(C=O)/C(=C/N(C)C)C(=O)S1. The Morgan fingerprint density at radius 3 is 2.50 bits per heavy atom. The number of hydrogen-bond acceptors (Lipinski definition) is 5. The standard InChI is InChI=1S/C9H11NO2S2/c1-10(2)4-6-7(5-11)9(13-3)14-8(6)12/h4-5H,1-3H3/b6-4-. The lowest BCUT2D eigenvalue weighted by Gasteiger charge is -2.05. The summed E-state index contributed by atoms with van der Waals surface area (Å²) in [6.07, 6.45) is 4.29. The van der Waals surface area contributed by atoms with E-state index in [0.717, 1.165) is 22.3 Å². The minimum absolute atomic E-state index is 0.0508. The number of nitrogens with zero attached hydrogens (tertiary/aromatic N) is 1. The van der Waals surface area contributed by atoms with Crippen LogP contribution in [0.25, 0.3) is 0 Å². The van der Waals surface area contributed by atoms with Crippen molar-refractivity contribution in [2.45, 2.75) is 0 Å². The van der Waals surface area contributed by atoms with Crippen molar-refractivity contribution in [3.05, 3.63) is 21.6 Å². The van der Waals surface area contributed by atoms with Crippen LogP contribution >= 0.6 is 23.5 Å². The summed E-state index contributed by atoms with van der Waals surface area (Å²) in [4.78, 5) is 24.1. The van der Waals surface area contributed by atoms with Gasteiger partial charge in [0.2, 0.25) is 5.12 Å². The molecule has 1 aliphatic heterocycles. The predicted octanol–water partition coefficient (Wildman–Crippen LogP) is 1.48. The van der Waals surface area contributed by atoms with Crippen LogP contribution in [-0.2, 0) is 9.59 Å². The highest BCUT2D eigenvalue weighted by molar-refractivity contribution is 8.30. The molecule has 1 heterocycles. The average molecular weight is 229 g/mol. The second kappa shape index (κ2) is 4.70. The average Bonchev–Trinajstić information content (AvgIpc) is 2.42. The number of carbonyl (C=O) groups excluding carboxylic acids is 2. The van der Waals surface area contributed by atoms with Gasteiger partial charge in [-0.15, -0.1) is 11.8 Å². The molecule has 76 valence electrons. The molecular formula is C9H11NO2S2. The van der Waals surface area contributed by atoms with E-state index in [1.54, 1.807) is 11.1 Å². The van der Waals surface area contributed by atoms with Crippen molar-refractivity contribution in [2.75, 3.05) is 20.4 Å². The van der Waals surface area contributed by atoms with Crippen molar-refractivity contribution < 1.29 is 9.59 Å². The van der Waals surface area contributed by atoms with Crippen molar-refractivity contribution in [1.29, 1.82) is 0 Å². The highest BCUT2D eigenvalue weighted by atomic mass is 32.2. The van der Waals surface area contributed by atoms with Gasteiger partial charge in [-0.2, -0.15) is 0 Å². The van der Waals surface area contributed by atoms with Gasteiger partial charge in [0.15, 0.2) is 6.29 Å². The van der Waals surface area contributed by atoms with E-state index < -0.39 is 0 Å². The molecule has 0 bridgehead atoms. The fraction of sp³-hybridized carbons (Fsp3) is 0.333. The first-order chi connectivity index (χ1) is 6.60. The smallest absolute Gasteiger partial charge is 0.226 e. The maximum atomic E-state index is 11.5. The molecule has 0 N–H and O–H groups in total. The molecule has 3 nitrogen and oxygen atoms in total. The topological polar surface area (TPSA) is 37.4 Å². The van der Waals surface area contributed by atoms with E-state index >= 15 is 0 Å². The molecule has 0 atom stereocenters. The molecule has 0 radical (unpaired) electrons. The third kappa shape index (κ3) is 2.22. The first kappa shape index (κ1) is 11.4. The Labute approximate surface area is 91.6 Å². The number of hydrogen-bond donors (Lipinski definition) is 0. The first-order valence-corrected chi connectivity index (χ1v) is 5.98. The van der Waals surface area contributed by atoms with E-state index in [1.165, 1.54) is 11.8 Å². The summed E-state index contributed by atoms with van der Waals surface area (Å²) in [6.45, 7) is 0. The predicted molar refractivity (Wildman–Crippen MR) is 61.0 cm³/mol. The molecule has 0 unspecified atom stereocenters. The van der Waals surface area contributed by atoms with Gasteiger partial charge in [-0.3, -0.25) is 9.59 Å². The van der Waals surface area contributed by atoms with Gasteiger partial charge in [0, 0.05) is 25.9 Å². The fourth-order valence-corrected chi connectivity index (χ4v) is 2.71. The third-order valence-electron chi connectivity index (χ3n) is 1.61. The Balaban J connectivity index is 3.11. The minimum Gasteiger partial charge on any atom is -0.383 e. The van der Waals surface area contributed by atoms with Gasteiger partial charge in [0.1, 0.15) is 0 Å². The fourth-order valence-electron chi connectivity index (χ4n) is 1.06. The van der Waals surface area contributed by atoms with Crippen molar-refractivity contribution in [3.8, 4) is 0 Å². The first-order valence-electron chi connectivity index (χ1n) is 3.94. The van der Waals surface area contributed by atoms with Crippen molar-refractivity contribution in [3.63, 3.8) is 0 Å². The van der Waals surface area contributed by atoms with Crippen LogP contribution in [0.2, 0.25) is 0 Å². The quantitative estimate of drug-likeness (QED) is 0.541. The number of thioether (sulfide) groups is 2. The van der Waals surface area contributed by atoms with Crippen molar-refractivity contribution in [1.82, 2.24) is 4.90 Å². The molecule has 14 heavy (non-hydrogen) atoms. The molecule has 0 aliphatic carbocycles. The van der Waals surface area contributed by atoms with Gasteiger partial charge in [-0.1, -0.05) is 0 Å². The van der Waals surface area contributed by atoms with Gasteiger partial charge < -0.3 is 4.90 Å². The van der Waals surface area contributed by atoms with Crippen LogP contribution in [0.3, 0.4) is 0 Å². The molecule has 0 saturated carbocycles. The molecule has 0 aromatic carbocycles. The minimum atomic E-state index is -0.0508. The van der Waals surface area contributed by atoms with Crippen LogP contribution < -0.4 is 0 Å². The summed E-state index contributed by atoms with van der Waals surface area (Å²) in [6, 6.07) is 0. The molecule has 1 rings (SSSR count). The van der Waals surface area contributed by atoms with Gasteiger partial charge in [-0.05, 0) is 18.0 Å². The second-order valence-electron chi connectivity index (χ2n) is 2.92. The van der Waals surface area contributed by atoms with E-state index in [2.05, 4.69) is 0 Å². The molecule has 0 aromatic rings. The third-order valence-corrected chi connectivity index (χ3v) is 3.76. The lowest BCUT2D eigenvalue weighted by atomic mass is 10.1. The number of allylic oxidation sites excluding steroid dienone is 1. The van der Waals surface area contributed by atoms with Crippen LogP contribution in [0, 0.1) is 0 Å². The lowest BCUT2D eigenvalue weighted by Crippen LogP contribution is -2.06. The van der Waals surface area contributed by atoms with Gasteiger partial charge in [0.05, 0.1) is 9.81 Å². The zero-order chi connectivity index (χ0) is 10.7. The maximum Gasteiger partial charge on any atom is 0.226 e. The van der Waals surface area contributed by atoms with E-state index in [4.69, 9.17) is 0 Å². The Morgan fingerprint density at radius 2 is 2.07 bits per heavy atom. The van der Waals surface area contributed by atoms with Crippen LogP contribution in [-0.4, -0.2) is 36.7 Å². The Hall–Kier alpha value is -0.680. The highest BCUT2D eigenvalue weighted by Crippen LogP contribution is 2.41. The Morgan fingerprint density at radius 1 is 1.43 bits per heavy atom. The molecule has 5 heteroatoms. The van der Waals surface area contributed by atoms with Gasteiger partial charge >= 0.3 is 0 Å². The monoisotopic (exact) mass is 229 g/mol. The van der Waals surface area contributed by atoms with E-state index in [0.29, 0.717) is 11.1 Å². The van der Waals surface area contributed by atoms with Gasteiger partial charge in [-0.25, -0.2) is 0 Å². The summed E-state index contributed by atoms with van der Waals surface area (Å²) in [5.74, 6) is 0. The largest absolute Gasteiger partial charge is 0.383 e. The molecule has 1 aliphatic rings. The van der Waals surface area contributed by atoms with Gasteiger partial charge in [0.25, 0.3) is 0 Å².